The van der Waals surface area contributed by atoms with Gasteiger partial charge in [-0.15, -0.1) is 0 Å². The molecule has 1 aliphatic rings. The van der Waals surface area contributed by atoms with Crippen LogP contribution in [0.3, 0.4) is 0 Å². The molecule has 1 aromatic heterocycles. The highest BCUT2D eigenvalue weighted by Gasteiger charge is 2.14. The van der Waals surface area contributed by atoms with Crippen molar-refractivity contribution in [3.8, 4) is 0 Å². The molecule has 0 saturated carbocycles. The summed E-state index contributed by atoms with van der Waals surface area (Å²) < 4.78 is 1.86. The topological polar surface area (TPSA) is 14.2 Å². The maximum absolute atomic E-state index is 5.11. The molecule has 2 rings (SSSR count). The summed E-state index contributed by atoms with van der Waals surface area (Å²) in [6, 6.07) is 2.14. The van der Waals surface area contributed by atoms with Crippen molar-refractivity contribution in [2.45, 2.75) is 19.3 Å². The molecule has 54 valence electrons. The quantitative estimate of drug-likeness (QED) is 0.564. The van der Waals surface area contributed by atoms with E-state index in [4.69, 9.17) is 4.84 Å². The lowest BCUT2D eigenvalue weighted by Crippen LogP contribution is -2.06. The molecule has 0 unspecified atom stereocenters. The number of nitrogens with zero attached hydrogens (tertiary/aromatic N) is 1. The fraction of sp³-hybridized carbons (Fsp3) is 0.500. The molecule has 0 N–H and O–H groups in total. The molecule has 0 aliphatic heterocycles. The number of aromatic nitrogens is 1. The van der Waals surface area contributed by atoms with Crippen LogP contribution in [-0.2, 0) is 12.8 Å². The predicted molar refractivity (Wildman–Crippen MR) is 39.0 cm³/mol. The van der Waals surface area contributed by atoms with Crippen molar-refractivity contribution in [3.63, 3.8) is 0 Å². The van der Waals surface area contributed by atoms with E-state index in [0.29, 0.717) is 0 Å². The van der Waals surface area contributed by atoms with Gasteiger partial charge in [0.2, 0.25) is 0 Å². The third-order valence-electron chi connectivity index (χ3n) is 2.10. The third kappa shape index (κ3) is 0.649. The Hall–Kier alpha value is -0.920. The summed E-state index contributed by atoms with van der Waals surface area (Å²) in [5.41, 5.74) is 2.82. The molecule has 1 heterocycles. The fourth-order valence-electron chi connectivity index (χ4n) is 1.60. The van der Waals surface area contributed by atoms with Crippen molar-refractivity contribution in [3.05, 3.63) is 23.5 Å². The van der Waals surface area contributed by atoms with Gasteiger partial charge in [-0.3, -0.25) is 0 Å². The lowest BCUT2D eigenvalue weighted by Gasteiger charge is -2.02. The van der Waals surface area contributed by atoms with Gasteiger partial charge in [0.25, 0.3) is 0 Å². The van der Waals surface area contributed by atoms with Gasteiger partial charge < -0.3 is 4.84 Å². The first-order valence-corrected chi connectivity index (χ1v) is 3.65. The zero-order valence-corrected chi connectivity index (χ0v) is 6.13. The van der Waals surface area contributed by atoms with E-state index < -0.39 is 0 Å². The van der Waals surface area contributed by atoms with Crippen LogP contribution in [0, 0.1) is 0 Å². The normalized spacial score (nSPS) is 15.3. The zero-order valence-electron chi connectivity index (χ0n) is 6.13. The number of aryl methyl sites for hydroxylation is 1. The summed E-state index contributed by atoms with van der Waals surface area (Å²) in [6.07, 6.45) is 5.68. The summed E-state index contributed by atoms with van der Waals surface area (Å²) >= 11 is 0. The minimum Gasteiger partial charge on any atom is -0.417 e. The minimum absolute atomic E-state index is 1.18. The van der Waals surface area contributed by atoms with Gasteiger partial charge in [0.1, 0.15) is 7.11 Å². The number of fused-ring (bicyclic) bond motifs is 1. The van der Waals surface area contributed by atoms with Crippen molar-refractivity contribution >= 4 is 0 Å². The molecule has 0 saturated heterocycles. The van der Waals surface area contributed by atoms with Gasteiger partial charge in [-0.25, -0.2) is 0 Å². The first kappa shape index (κ1) is 5.83. The zero-order chi connectivity index (χ0) is 6.97. The second kappa shape index (κ2) is 2.04. The largest absolute Gasteiger partial charge is 0.417 e. The van der Waals surface area contributed by atoms with Crippen LogP contribution in [0.5, 0.6) is 0 Å². The molecule has 0 amide bonds. The molecule has 2 nitrogen and oxygen atoms in total. The monoisotopic (exact) mass is 137 g/mol. The van der Waals surface area contributed by atoms with Gasteiger partial charge in [-0.2, -0.15) is 4.73 Å². The van der Waals surface area contributed by atoms with E-state index in [2.05, 4.69) is 6.07 Å². The maximum Gasteiger partial charge on any atom is 0.104 e. The van der Waals surface area contributed by atoms with Crippen molar-refractivity contribution in [2.75, 3.05) is 7.11 Å². The second-order valence-electron chi connectivity index (χ2n) is 2.65. The first-order chi connectivity index (χ1) is 4.92. The van der Waals surface area contributed by atoms with Crippen LogP contribution in [0.15, 0.2) is 12.3 Å². The molecule has 0 atom stereocenters. The van der Waals surface area contributed by atoms with Crippen molar-refractivity contribution in [1.29, 1.82) is 0 Å². The molecule has 2 heteroatoms. The molecular formula is C8H11NO. The Balaban J connectivity index is 2.44. The van der Waals surface area contributed by atoms with E-state index in [0.717, 1.165) is 0 Å². The van der Waals surface area contributed by atoms with E-state index >= 15 is 0 Å². The van der Waals surface area contributed by atoms with Crippen LogP contribution in [0.2, 0.25) is 0 Å². The van der Waals surface area contributed by atoms with Crippen LogP contribution in [0.1, 0.15) is 17.7 Å². The van der Waals surface area contributed by atoms with E-state index in [1.165, 1.54) is 30.5 Å². The maximum atomic E-state index is 5.11. The van der Waals surface area contributed by atoms with E-state index in [1.807, 2.05) is 10.9 Å². The predicted octanol–water partition coefficient (Wildman–Crippen LogP) is 1.04. The smallest absolute Gasteiger partial charge is 0.104 e. The summed E-state index contributed by atoms with van der Waals surface area (Å²) in [4.78, 5) is 5.11. The molecule has 0 radical (unpaired) electrons. The van der Waals surface area contributed by atoms with Crippen LogP contribution < -0.4 is 4.84 Å². The summed E-state index contributed by atoms with van der Waals surface area (Å²) in [7, 11) is 1.71. The third-order valence-corrected chi connectivity index (χ3v) is 2.10. The van der Waals surface area contributed by atoms with Gasteiger partial charge >= 0.3 is 0 Å². The molecule has 10 heavy (non-hydrogen) atoms. The van der Waals surface area contributed by atoms with E-state index in [-0.39, 0.29) is 0 Å². The van der Waals surface area contributed by atoms with Gasteiger partial charge in [0.15, 0.2) is 0 Å². The lowest BCUT2D eigenvalue weighted by atomic mass is 10.3. The highest BCUT2D eigenvalue weighted by molar-refractivity contribution is 5.25. The molecule has 0 fully saturated rings. The minimum atomic E-state index is 1.18. The van der Waals surface area contributed by atoms with Crippen LogP contribution in [-0.4, -0.2) is 11.8 Å². The van der Waals surface area contributed by atoms with Gasteiger partial charge in [-0.1, -0.05) is 0 Å². The Morgan fingerprint density at radius 1 is 1.50 bits per heavy atom. The molecule has 0 aromatic carbocycles. The van der Waals surface area contributed by atoms with E-state index in [9.17, 15) is 0 Å². The Bertz CT molecular complexity index is 239. The number of hydrogen-bond acceptors (Lipinski definition) is 1. The van der Waals surface area contributed by atoms with Crippen LogP contribution in [0.25, 0.3) is 0 Å². The second-order valence-corrected chi connectivity index (χ2v) is 2.65. The summed E-state index contributed by atoms with van der Waals surface area (Å²) in [6.45, 7) is 0. The van der Waals surface area contributed by atoms with Crippen molar-refractivity contribution in [2.24, 2.45) is 0 Å². The number of hydrogen-bond donors (Lipinski definition) is 0. The summed E-state index contributed by atoms with van der Waals surface area (Å²) in [5, 5.41) is 0. The SMILES string of the molecule is COn1ccc2c1CCC2. The average Bonchev–Trinajstić information content (AvgIpc) is 2.44. The Labute approximate surface area is 60.4 Å². The fourth-order valence-corrected chi connectivity index (χ4v) is 1.60. The van der Waals surface area contributed by atoms with Crippen LogP contribution in [0.4, 0.5) is 0 Å². The van der Waals surface area contributed by atoms with Crippen molar-refractivity contribution in [1.82, 2.24) is 4.73 Å². The molecule has 0 bridgehead atoms. The Kier molecular flexibility index (Phi) is 1.19. The van der Waals surface area contributed by atoms with Gasteiger partial charge in [-0.05, 0) is 30.9 Å². The lowest BCUT2D eigenvalue weighted by molar-refractivity contribution is 0.161. The Morgan fingerprint density at radius 2 is 2.40 bits per heavy atom. The molecule has 0 spiro atoms. The summed E-state index contributed by atoms with van der Waals surface area (Å²) in [5.74, 6) is 0. The van der Waals surface area contributed by atoms with Gasteiger partial charge in [0.05, 0.1) is 5.69 Å². The highest BCUT2D eigenvalue weighted by Crippen LogP contribution is 2.21. The van der Waals surface area contributed by atoms with Gasteiger partial charge in [0, 0.05) is 6.20 Å². The molecular weight excluding hydrogens is 126 g/mol. The average molecular weight is 137 g/mol. The highest BCUT2D eigenvalue weighted by atomic mass is 16.6. The molecule has 1 aliphatic carbocycles. The van der Waals surface area contributed by atoms with Crippen LogP contribution >= 0.6 is 0 Å². The van der Waals surface area contributed by atoms with Crippen molar-refractivity contribution < 1.29 is 4.84 Å². The number of rotatable bonds is 1. The van der Waals surface area contributed by atoms with E-state index in [1.54, 1.807) is 7.11 Å². The Morgan fingerprint density at radius 3 is 3.20 bits per heavy atom. The standard InChI is InChI=1S/C8H11NO/c1-10-9-6-5-7-3-2-4-8(7)9/h5-6H,2-4H2,1H3. The molecule has 1 aromatic rings. The first-order valence-electron chi connectivity index (χ1n) is 3.65.